The van der Waals surface area contributed by atoms with Gasteiger partial charge >= 0.3 is 0 Å². The zero-order chi connectivity index (χ0) is 13.9. The zero-order valence-corrected chi connectivity index (χ0v) is 11.4. The monoisotopic (exact) mass is 316 g/mol. The second-order valence-corrected chi connectivity index (χ2v) is 4.98. The zero-order valence-electron chi connectivity index (χ0n) is 9.80. The highest BCUT2D eigenvalue weighted by atomic mass is 79.9. The molecule has 0 aliphatic rings. The van der Waals surface area contributed by atoms with Crippen molar-refractivity contribution in [2.24, 2.45) is 5.92 Å². The molecule has 96 valence electrons. The van der Waals surface area contributed by atoms with Crippen LogP contribution in [-0.2, 0) is 0 Å². The van der Waals surface area contributed by atoms with Crippen LogP contribution in [0.1, 0.15) is 24.2 Å². The Hall–Kier alpha value is -1.48. The van der Waals surface area contributed by atoms with Gasteiger partial charge in [0, 0.05) is 4.47 Å². The summed E-state index contributed by atoms with van der Waals surface area (Å²) in [6.07, 6.45) is 0. The molecule has 0 aliphatic heterocycles. The molecule has 3 nitrogen and oxygen atoms in total. The van der Waals surface area contributed by atoms with Gasteiger partial charge in [-0.05, 0) is 18.1 Å². The van der Waals surface area contributed by atoms with Gasteiger partial charge in [-0.15, -0.1) is 0 Å². The Morgan fingerprint density at radius 2 is 1.89 bits per heavy atom. The quantitative estimate of drug-likeness (QED) is 0.932. The molecule has 0 radical (unpaired) electrons. The van der Waals surface area contributed by atoms with Crippen LogP contribution >= 0.6 is 15.9 Å². The summed E-state index contributed by atoms with van der Waals surface area (Å²) in [6, 6.07) is 3.06. The molecule has 0 aliphatic carbocycles. The summed E-state index contributed by atoms with van der Waals surface area (Å²) in [5.41, 5.74) is -0.681. The van der Waals surface area contributed by atoms with Gasteiger partial charge in [0.2, 0.25) is 0 Å². The maximum absolute atomic E-state index is 13.5. The molecular weight excluding hydrogens is 306 g/mol. The van der Waals surface area contributed by atoms with Crippen LogP contribution in [0.5, 0.6) is 0 Å². The number of halogens is 3. The normalized spacial score (nSPS) is 12.1. The number of nitriles is 1. The van der Waals surface area contributed by atoms with Gasteiger partial charge in [0.15, 0.2) is 0 Å². The largest absolute Gasteiger partial charge is 0.336 e. The molecule has 18 heavy (non-hydrogen) atoms. The lowest BCUT2D eigenvalue weighted by Crippen LogP contribution is -2.38. The SMILES string of the molecule is CC(C)C(C#N)NC(=O)c1c(F)cc(Br)cc1F. The minimum Gasteiger partial charge on any atom is -0.336 e. The van der Waals surface area contributed by atoms with Crippen molar-refractivity contribution in [1.29, 1.82) is 5.26 Å². The summed E-state index contributed by atoms with van der Waals surface area (Å²) in [5, 5.41) is 11.1. The van der Waals surface area contributed by atoms with E-state index in [9.17, 15) is 13.6 Å². The van der Waals surface area contributed by atoms with Crippen molar-refractivity contribution in [2.75, 3.05) is 0 Å². The summed E-state index contributed by atoms with van der Waals surface area (Å²) in [4.78, 5) is 11.7. The van der Waals surface area contributed by atoms with E-state index >= 15 is 0 Å². The van der Waals surface area contributed by atoms with E-state index in [2.05, 4.69) is 21.2 Å². The number of carbonyl (C=O) groups is 1. The molecule has 0 spiro atoms. The van der Waals surface area contributed by atoms with Crippen molar-refractivity contribution < 1.29 is 13.6 Å². The van der Waals surface area contributed by atoms with Crippen LogP contribution in [0, 0.1) is 28.9 Å². The molecule has 1 aromatic rings. The van der Waals surface area contributed by atoms with Crippen molar-refractivity contribution in [3.8, 4) is 6.07 Å². The van der Waals surface area contributed by atoms with E-state index in [0.717, 1.165) is 12.1 Å². The standard InChI is InChI=1S/C12H11BrF2N2O/c1-6(2)10(5-16)17-12(18)11-8(14)3-7(13)4-9(11)15/h3-4,6,10H,1-2H3,(H,17,18). The van der Waals surface area contributed by atoms with Crippen molar-refractivity contribution in [2.45, 2.75) is 19.9 Å². The summed E-state index contributed by atoms with van der Waals surface area (Å²) < 4.78 is 27.2. The molecule has 6 heteroatoms. The minimum absolute atomic E-state index is 0.152. The van der Waals surface area contributed by atoms with Crippen LogP contribution in [0.25, 0.3) is 0 Å². The van der Waals surface area contributed by atoms with Gasteiger partial charge in [-0.1, -0.05) is 29.8 Å². The van der Waals surface area contributed by atoms with E-state index in [1.165, 1.54) is 0 Å². The van der Waals surface area contributed by atoms with Gasteiger partial charge in [-0.25, -0.2) is 8.78 Å². The first-order valence-electron chi connectivity index (χ1n) is 5.21. The number of rotatable bonds is 3. The Balaban J connectivity index is 3.02. The van der Waals surface area contributed by atoms with Crippen molar-refractivity contribution >= 4 is 21.8 Å². The number of hydrogen-bond acceptors (Lipinski definition) is 2. The average molecular weight is 317 g/mol. The molecule has 1 unspecified atom stereocenters. The summed E-state index contributed by atoms with van der Waals surface area (Å²) in [5.74, 6) is -3.03. The molecule has 0 heterocycles. The molecular formula is C12H11BrF2N2O. The molecule has 1 rings (SSSR count). The third-order valence-electron chi connectivity index (χ3n) is 2.33. The Bertz CT molecular complexity index is 488. The number of carbonyl (C=O) groups excluding carboxylic acids is 1. The van der Waals surface area contributed by atoms with E-state index in [1.54, 1.807) is 13.8 Å². The lowest BCUT2D eigenvalue weighted by atomic mass is 10.1. The van der Waals surface area contributed by atoms with E-state index in [4.69, 9.17) is 5.26 Å². The number of hydrogen-bond donors (Lipinski definition) is 1. The number of nitrogens with one attached hydrogen (secondary N) is 1. The lowest BCUT2D eigenvalue weighted by Gasteiger charge is -2.15. The van der Waals surface area contributed by atoms with Gasteiger partial charge < -0.3 is 5.32 Å². The van der Waals surface area contributed by atoms with Crippen LogP contribution in [-0.4, -0.2) is 11.9 Å². The van der Waals surface area contributed by atoms with Gasteiger partial charge in [-0.2, -0.15) is 5.26 Å². The Morgan fingerprint density at radius 1 is 1.39 bits per heavy atom. The van der Waals surface area contributed by atoms with Gasteiger partial charge in [0.1, 0.15) is 23.2 Å². The van der Waals surface area contributed by atoms with E-state index < -0.39 is 29.1 Å². The Morgan fingerprint density at radius 3 is 2.28 bits per heavy atom. The lowest BCUT2D eigenvalue weighted by molar-refractivity contribution is 0.0929. The second kappa shape index (κ2) is 5.91. The molecule has 0 bridgehead atoms. The van der Waals surface area contributed by atoms with Gasteiger partial charge in [-0.3, -0.25) is 4.79 Å². The van der Waals surface area contributed by atoms with Gasteiger partial charge in [0.25, 0.3) is 5.91 Å². The fourth-order valence-corrected chi connectivity index (χ4v) is 1.72. The average Bonchev–Trinajstić information content (AvgIpc) is 2.23. The molecule has 1 amide bonds. The smallest absolute Gasteiger partial charge is 0.258 e. The Kier molecular flexibility index (Phi) is 4.79. The predicted molar refractivity (Wildman–Crippen MR) is 65.8 cm³/mol. The molecule has 0 aromatic heterocycles. The third-order valence-corrected chi connectivity index (χ3v) is 2.78. The highest BCUT2D eigenvalue weighted by molar-refractivity contribution is 9.10. The molecule has 1 N–H and O–H groups in total. The summed E-state index contributed by atoms with van der Waals surface area (Å²) in [7, 11) is 0. The maximum Gasteiger partial charge on any atom is 0.258 e. The van der Waals surface area contributed by atoms with Crippen LogP contribution in [0.3, 0.4) is 0 Å². The van der Waals surface area contributed by atoms with E-state index in [-0.39, 0.29) is 10.4 Å². The summed E-state index contributed by atoms with van der Waals surface area (Å²) in [6.45, 7) is 3.45. The Labute approximate surface area is 112 Å². The van der Waals surface area contributed by atoms with Crippen molar-refractivity contribution in [1.82, 2.24) is 5.32 Å². The van der Waals surface area contributed by atoms with Crippen LogP contribution in [0.2, 0.25) is 0 Å². The van der Waals surface area contributed by atoms with Crippen LogP contribution in [0.15, 0.2) is 16.6 Å². The maximum atomic E-state index is 13.5. The van der Waals surface area contributed by atoms with Crippen molar-refractivity contribution in [3.05, 3.63) is 33.8 Å². The predicted octanol–water partition coefficient (Wildman–Crippen LogP) is 3.01. The van der Waals surface area contributed by atoms with Gasteiger partial charge in [0.05, 0.1) is 6.07 Å². The minimum atomic E-state index is -0.972. The van der Waals surface area contributed by atoms with E-state index in [0.29, 0.717) is 0 Å². The molecule has 0 saturated heterocycles. The summed E-state index contributed by atoms with van der Waals surface area (Å²) >= 11 is 2.92. The molecule has 0 saturated carbocycles. The van der Waals surface area contributed by atoms with Crippen molar-refractivity contribution in [3.63, 3.8) is 0 Å². The molecule has 1 aromatic carbocycles. The third kappa shape index (κ3) is 3.26. The van der Waals surface area contributed by atoms with E-state index in [1.807, 2.05) is 6.07 Å². The van der Waals surface area contributed by atoms with Crippen LogP contribution in [0.4, 0.5) is 8.78 Å². The second-order valence-electron chi connectivity index (χ2n) is 4.07. The topological polar surface area (TPSA) is 52.9 Å². The van der Waals surface area contributed by atoms with Crippen LogP contribution < -0.4 is 5.32 Å². The highest BCUT2D eigenvalue weighted by Gasteiger charge is 2.22. The number of benzene rings is 1. The fourth-order valence-electron chi connectivity index (χ4n) is 1.32. The highest BCUT2D eigenvalue weighted by Crippen LogP contribution is 2.19. The first-order chi connectivity index (χ1) is 8.36. The fraction of sp³-hybridized carbons (Fsp3) is 0.333. The first-order valence-corrected chi connectivity index (χ1v) is 6.01. The number of amides is 1. The number of nitrogens with zero attached hydrogens (tertiary/aromatic N) is 1. The molecule has 0 fully saturated rings. The molecule has 1 atom stereocenters. The first kappa shape index (κ1) is 14.6.